The van der Waals surface area contributed by atoms with Crippen LogP contribution >= 0.6 is 0 Å². The summed E-state index contributed by atoms with van der Waals surface area (Å²) in [5.41, 5.74) is 0. The summed E-state index contributed by atoms with van der Waals surface area (Å²) in [7, 11) is 0. The van der Waals surface area contributed by atoms with Crippen molar-refractivity contribution in [3.05, 3.63) is 0 Å². The van der Waals surface area contributed by atoms with Gasteiger partial charge in [0.05, 0.1) is 51.8 Å². The summed E-state index contributed by atoms with van der Waals surface area (Å²) in [6.45, 7) is -3.18. The van der Waals surface area contributed by atoms with Gasteiger partial charge in [0.2, 0.25) is 17.7 Å². The summed E-state index contributed by atoms with van der Waals surface area (Å²) in [4.78, 5) is 50.1. The van der Waals surface area contributed by atoms with E-state index in [1.54, 1.807) is 0 Å². The van der Waals surface area contributed by atoms with E-state index in [1.165, 1.54) is 0 Å². The Balaban J connectivity index is 1.21. The highest BCUT2D eigenvalue weighted by atomic mass is 16.8. The van der Waals surface area contributed by atoms with E-state index in [0.29, 0.717) is 0 Å². The van der Waals surface area contributed by atoms with Crippen molar-refractivity contribution in [1.29, 1.82) is 0 Å². The van der Waals surface area contributed by atoms with Gasteiger partial charge < -0.3 is 165 Å². The van der Waals surface area contributed by atoms with Crippen LogP contribution in [0.4, 0.5) is 0 Å². The summed E-state index contributed by atoms with van der Waals surface area (Å²) < 4.78 is 62.5. The van der Waals surface area contributed by atoms with Crippen molar-refractivity contribution in [1.82, 2.24) is 16.0 Å². The molecule has 0 aromatic rings. The minimum atomic E-state index is -3.21. The van der Waals surface area contributed by atoms with Gasteiger partial charge >= 0.3 is 5.97 Å². The molecule has 6 fully saturated rings. The number of hydrogen-bond acceptors (Lipinski definition) is 33. The van der Waals surface area contributed by atoms with E-state index in [0.717, 1.165) is 20.8 Å². The maximum Gasteiger partial charge on any atom is 0.364 e. The highest BCUT2D eigenvalue weighted by Crippen LogP contribution is 2.39. The van der Waals surface area contributed by atoms with Crippen LogP contribution in [0, 0.1) is 0 Å². The second kappa shape index (κ2) is 28.9. The van der Waals surface area contributed by atoms with E-state index in [2.05, 4.69) is 16.0 Å². The second-order valence-corrected chi connectivity index (χ2v) is 20.4. The lowest BCUT2D eigenvalue weighted by Crippen LogP contribution is -2.71. The Hall–Kier alpha value is -3.28. The van der Waals surface area contributed by atoms with Gasteiger partial charge in [-0.15, -0.1) is 0 Å². The molecule has 6 aliphatic heterocycles. The van der Waals surface area contributed by atoms with E-state index in [9.17, 15) is 116 Å². The minimum Gasteiger partial charge on any atom is -0.477 e. The number of aliphatic carboxylic acids is 1. The molecule has 6 aliphatic rings. The Morgan fingerprint density at radius 2 is 0.951 bits per heavy atom. The monoisotopic (exact) mass is 1200 g/mol. The molecule has 82 heavy (non-hydrogen) atoms. The fourth-order valence-corrected chi connectivity index (χ4v) is 10.3. The predicted octanol–water partition coefficient (Wildman–Crippen LogP) is -14.5. The van der Waals surface area contributed by atoms with E-state index in [4.69, 9.17) is 52.1 Å². The van der Waals surface area contributed by atoms with E-state index in [1.807, 2.05) is 0 Å². The number of carboxylic acids is 1. The average molecular weight is 1200 g/mol. The van der Waals surface area contributed by atoms with Gasteiger partial charge in [-0.05, 0) is 0 Å². The quantitative estimate of drug-likeness (QED) is 0.0479. The number of carbonyl (C=O) groups excluding carboxylic acids is 3. The minimum absolute atomic E-state index is 0.830. The van der Waals surface area contributed by atoms with Gasteiger partial charge in [0.25, 0.3) is 5.79 Å². The van der Waals surface area contributed by atoms with Gasteiger partial charge in [-0.1, -0.05) is 0 Å². The highest BCUT2D eigenvalue weighted by molar-refractivity contribution is 5.77. The van der Waals surface area contributed by atoms with Crippen LogP contribution in [-0.4, -0.2) is 350 Å². The van der Waals surface area contributed by atoms with Crippen LogP contribution in [-0.2, 0) is 71.3 Å². The molecular weight excluding hydrogens is 1130 g/mol. The number of amides is 3. The fourth-order valence-electron chi connectivity index (χ4n) is 10.3. The van der Waals surface area contributed by atoms with Gasteiger partial charge in [0, 0.05) is 27.2 Å². The first-order valence-corrected chi connectivity index (χ1v) is 25.7. The van der Waals surface area contributed by atoms with Crippen LogP contribution in [0.3, 0.4) is 0 Å². The number of rotatable bonds is 22. The molecule has 31 atom stereocenters. The lowest BCUT2D eigenvalue weighted by molar-refractivity contribution is -0.382. The Morgan fingerprint density at radius 3 is 1.48 bits per heavy atom. The summed E-state index contributed by atoms with van der Waals surface area (Å²) >= 11 is 0. The zero-order valence-corrected chi connectivity index (χ0v) is 43.9. The first-order valence-electron chi connectivity index (χ1n) is 25.7. The number of nitrogens with one attached hydrogen (secondary N) is 3. The SMILES string of the molecule is CC(=O)N[C@@H]1[C@@H](O[C@@H]2O[C@H](CO)[C@H](O)[C@H](O[C@]3(C(=O)O)C[C@H](O)[C@@H](NC(C)=O)[C@H]([C@H](O)[C@H](O)CO)O3)[C@H]2O)[C@@H](O)[C@@H](CO[C@@H]2O[C@H](CO)[C@@H](O[C@@H]3O[C@H](CO)[C@H](O)[C@H](O[C@H]4O[C@H](CO)[C@H](O)[C@H](O)[C@H]4O)[C@H]3O)[C@H](O)[C@H]2NC(C)=O)O[C@@H]1O. The number of aliphatic hydroxyl groups excluding tert-OH is 18. The highest BCUT2D eigenvalue weighted by Gasteiger charge is 2.61. The van der Waals surface area contributed by atoms with Crippen molar-refractivity contribution in [2.45, 2.75) is 217 Å². The Labute approximate surface area is 463 Å². The van der Waals surface area contributed by atoms with Crippen molar-refractivity contribution in [3.8, 4) is 0 Å². The van der Waals surface area contributed by atoms with Crippen molar-refractivity contribution < 1.29 is 168 Å². The molecule has 3 amide bonds. The molecule has 474 valence electrons. The van der Waals surface area contributed by atoms with Crippen molar-refractivity contribution in [2.75, 3.05) is 39.6 Å². The largest absolute Gasteiger partial charge is 0.477 e. The molecule has 0 bridgehead atoms. The Kier molecular flexibility index (Phi) is 23.9. The van der Waals surface area contributed by atoms with Gasteiger partial charge in [-0.25, -0.2) is 4.79 Å². The maximum absolute atomic E-state index is 13.0. The van der Waals surface area contributed by atoms with Crippen LogP contribution in [0.25, 0.3) is 0 Å². The molecule has 0 saturated carbocycles. The lowest BCUT2D eigenvalue weighted by Gasteiger charge is -2.51. The molecule has 0 spiro atoms. The third-order valence-electron chi connectivity index (χ3n) is 14.6. The molecule has 0 aromatic carbocycles. The molecular formula is C45H75N3O34. The van der Waals surface area contributed by atoms with E-state index >= 15 is 0 Å². The summed E-state index contributed by atoms with van der Waals surface area (Å²) in [5, 5.41) is 211. The smallest absolute Gasteiger partial charge is 0.364 e. The summed E-state index contributed by atoms with van der Waals surface area (Å²) in [6.07, 6.45) is -55.3. The van der Waals surface area contributed by atoms with Crippen LogP contribution in [0.2, 0.25) is 0 Å². The summed E-state index contributed by atoms with van der Waals surface area (Å²) in [5.74, 6) is -7.85. The molecule has 37 heteroatoms. The van der Waals surface area contributed by atoms with Gasteiger partial charge in [-0.2, -0.15) is 0 Å². The van der Waals surface area contributed by atoms with Crippen LogP contribution in [0.5, 0.6) is 0 Å². The number of carboxylic acid groups (broad SMARTS) is 1. The van der Waals surface area contributed by atoms with Crippen LogP contribution in [0.15, 0.2) is 0 Å². The number of aliphatic hydroxyl groups is 18. The zero-order valence-electron chi connectivity index (χ0n) is 43.9. The molecule has 0 aliphatic carbocycles. The molecule has 0 aromatic heterocycles. The normalized spacial score (nSPS) is 46.3. The van der Waals surface area contributed by atoms with Gasteiger partial charge in [0.1, 0.15) is 140 Å². The zero-order chi connectivity index (χ0) is 61.0. The molecule has 22 N–H and O–H groups in total. The summed E-state index contributed by atoms with van der Waals surface area (Å²) in [6, 6.07) is -5.22. The predicted molar refractivity (Wildman–Crippen MR) is 251 cm³/mol. The first-order chi connectivity index (χ1) is 38.6. The topological polar surface area (TPSA) is 590 Å². The molecule has 6 saturated heterocycles. The Morgan fingerprint density at radius 1 is 0.500 bits per heavy atom. The lowest BCUT2D eigenvalue weighted by atomic mass is 9.88. The first kappa shape index (κ1) is 67.8. The van der Waals surface area contributed by atoms with Crippen LogP contribution < -0.4 is 16.0 Å². The third kappa shape index (κ3) is 14.7. The number of hydrogen-bond donors (Lipinski definition) is 22. The fraction of sp³-hybridized carbons (Fsp3) is 0.911. The van der Waals surface area contributed by atoms with Crippen LogP contribution in [0.1, 0.15) is 27.2 Å². The number of ether oxygens (including phenoxy) is 11. The maximum atomic E-state index is 13.0. The Bertz CT molecular complexity index is 2090. The molecule has 0 unspecified atom stereocenters. The van der Waals surface area contributed by atoms with Crippen molar-refractivity contribution >= 4 is 23.7 Å². The molecule has 6 heterocycles. The second-order valence-electron chi connectivity index (χ2n) is 20.4. The van der Waals surface area contributed by atoms with Gasteiger partial charge in [-0.3, -0.25) is 14.4 Å². The average Bonchev–Trinajstić information content (AvgIpc) is 2.04. The third-order valence-corrected chi connectivity index (χ3v) is 14.6. The molecule has 6 rings (SSSR count). The van der Waals surface area contributed by atoms with E-state index in [-0.39, 0.29) is 0 Å². The van der Waals surface area contributed by atoms with Crippen molar-refractivity contribution in [3.63, 3.8) is 0 Å². The van der Waals surface area contributed by atoms with E-state index < -0.39 is 259 Å². The van der Waals surface area contributed by atoms with Gasteiger partial charge in [0.15, 0.2) is 31.5 Å². The number of carbonyl (C=O) groups is 4. The molecule has 37 nitrogen and oxygen atoms in total. The standard InChI is InChI=1S/C45H75N3O34/c1-11(54)46-21-14(57)4-45(44(70)71,81-36(21)24(59)15(58)5-49)82-38-27(62)18(8-52)76-43(33(38)68)79-35-23(48-13(3)56)39(69)73-20(28(35)63)10-72-40-22(47-12(2)55)29(64)34(19(9-53)77-40)78-42-32(67)37(26(61)17(7-51)75-42)80-41-31(66)30(65)25(60)16(6-50)74-41/h14-43,49-53,57-69H,4-10H2,1-3H3,(H,46,54)(H,47,55)(H,48,56)(H,70,71)/t14-,15+,16+,17+,18+,19+,20+,21+,22+,23+,24+,25-,26-,27-,28-,29+,30-,31+,32+,33+,34+,35+,36+,37-,38-,39-,40+,41+,42-,43-,45-/m0/s1. The molecule has 0 radical (unpaired) electrons. The van der Waals surface area contributed by atoms with Crippen molar-refractivity contribution in [2.24, 2.45) is 0 Å².